The van der Waals surface area contributed by atoms with E-state index in [4.69, 9.17) is 0 Å². The van der Waals surface area contributed by atoms with Gasteiger partial charge in [-0.15, -0.1) is 0 Å². The van der Waals surface area contributed by atoms with Crippen LogP contribution in [0.5, 0.6) is 0 Å². The zero-order valence-corrected chi connectivity index (χ0v) is 14.1. The standard InChI is InChI=1S/C21H14FN3O2/c22-17-12-6-4-10-15(17)20(26)24-25-19(14-8-2-1-3-9-14)23-18-13-7-5-11-16(18)21(25)27/h1-13H,(H,24,26). The van der Waals surface area contributed by atoms with Gasteiger partial charge in [0.1, 0.15) is 5.82 Å². The third-order valence-electron chi connectivity index (χ3n) is 4.14. The summed E-state index contributed by atoms with van der Waals surface area (Å²) < 4.78 is 15.0. The molecule has 132 valence electrons. The van der Waals surface area contributed by atoms with Gasteiger partial charge in [-0.1, -0.05) is 54.6 Å². The molecule has 0 fully saturated rings. The van der Waals surface area contributed by atoms with Crippen molar-refractivity contribution < 1.29 is 9.18 Å². The van der Waals surface area contributed by atoms with Crippen LogP contribution in [0.3, 0.4) is 0 Å². The Balaban J connectivity index is 1.90. The number of carbonyl (C=O) groups excluding carboxylic acids is 1. The van der Waals surface area contributed by atoms with Gasteiger partial charge in [-0.25, -0.2) is 9.37 Å². The Bertz CT molecular complexity index is 1200. The van der Waals surface area contributed by atoms with Crippen LogP contribution in [0.25, 0.3) is 22.3 Å². The van der Waals surface area contributed by atoms with Gasteiger partial charge in [0.05, 0.1) is 16.5 Å². The molecule has 5 nitrogen and oxygen atoms in total. The second-order valence-corrected chi connectivity index (χ2v) is 5.88. The van der Waals surface area contributed by atoms with Gasteiger partial charge in [-0.3, -0.25) is 15.0 Å². The normalized spacial score (nSPS) is 10.7. The van der Waals surface area contributed by atoms with Gasteiger partial charge in [-0.2, -0.15) is 4.68 Å². The SMILES string of the molecule is O=C(Nn1c(-c2ccccc2)nc2ccccc2c1=O)c1ccccc1F. The smallest absolute Gasteiger partial charge is 0.267 e. The van der Waals surface area contributed by atoms with Crippen molar-refractivity contribution in [3.05, 3.63) is 101 Å². The van der Waals surface area contributed by atoms with Crippen molar-refractivity contribution in [3.63, 3.8) is 0 Å². The van der Waals surface area contributed by atoms with Gasteiger partial charge >= 0.3 is 0 Å². The van der Waals surface area contributed by atoms with E-state index < -0.39 is 17.3 Å². The number of para-hydroxylation sites is 1. The molecular formula is C21H14FN3O2. The van der Waals surface area contributed by atoms with E-state index >= 15 is 0 Å². The molecule has 0 saturated heterocycles. The van der Waals surface area contributed by atoms with E-state index in [2.05, 4.69) is 10.4 Å². The number of nitrogens with zero attached hydrogens (tertiary/aromatic N) is 2. The average molecular weight is 359 g/mol. The van der Waals surface area contributed by atoms with Gasteiger partial charge in [-0.05, 0) is 24.3 Å². The van der Waals surface area contributed by atoms with Crippen LogP contribution < -0.4 is 11.0 Å². The number of aromatic nitrogens is 2. The fourth-order valence-corrected chi connectivity index (χ4v) is 2.82. The van der Waals surface area contributed by atoms with E-state index in [1.807, 2.05) is 6.07 Å². The lowest BCUT2D eigenvalue weighted by molar-refractivity contribution is 0.100. The van der Waals surface area contributed by atoms with Crippen LogP contribution in [-0.2, 0) is 0 Å². The topological polar surface area (TPSA) is 64.0 Å². The lowest BCUT2D eigenvalue weighted by Crippen LogP contribution is -2.35. The summed E-state index contributed by atoms with van der Waals surface area (Å²) in [4.78, 5) is 30.1. The zero-order chi connectivity index (χ0) is 18.8. The highest BCUT2D eigenvalue weighted by Gasteiger charge is 2.17. The van der Waals surface area contributed by atoms with Crippen molar-refractivity contribution in [2.75, 3.05) is 5.43 Å². The average Bonchev–Trinajstić information content (AvgIpc) is 2.71. The minimum atomic E-state index is -0.732. The highest BCUT2D eigenvalue weighted by Crippen LogP contribution is 2.18. The van der Waals surface area contributed by atoms with Crippen molar-refractivity contribution in [2.45, 2.75) is 0 Å². The number of hydrogen-bond acceptors (Lipinski definition) is 3. The lowest BCUT2D eigenvalue weighted by Gasteiger charge is -2.15. The lowest BCUT2D eigenvalue weighted by atomic mass is 10.2. The summed E-state index contributed by atoms with van der Waals surface area (Å²) in [7, 11) is 0. The summed E-state index contributed by atoms with van der Waals surface area (Å²) in [6, 6.07) is 21.5. The summed E-state index contributed by atoms with van der Waals surface area (Å²) in [6.07, 6.45) is 0. The number of hydrogen-bond donors (Lipinski definition) is 1. The molecule has 6 heteroatoms. The van der Waals surface area contributed by atoms with Crippen molar-refractivity contribution in [1.29, 1.82) is 0 Å². The predicted octanol–water partition coefficient (Wildman–Crippen LogP) is 3.59. The molecule has 0 saturated carbocycles. The highest BCUT2D eigenvalue weighted by molar-refractivity contribution is 6.00. The number of carbonyl (C=O) groups is 1. The van der Waals surface area contributed by atoms with Crippen molar-refractivity contribution >= 4 is 16.8 Å². The second-order valence-electron chi connectivity index (χ2n) is 5.88. The van der Waals surface area contributed by atoms with Crippen LogP contribution in [0.1, 0.15) is 10.4 Å². The van der Waals surface area contributed by atoms with E-state index in [9.17, 15) is 14.0 Å². The monoisotopic (exact) mass is 359 g/mol. The maximum Gasteiger partial charge on any atom is 0.280 e. The molecule has 3 aromatic carbocycles. The third kappa shape index (κ3) is 3.08. The first-order valence-electron chi connectivity index (χ1n) is 8.28. The first-order valence-corrected chi connectivity index (χ1v) is 8.28. The highest BCUT2D eigenvalue weighted by atomic mass is 19.1. The Hall–Kier alpha value is -3.80. The molecule has 0 bridgehead atoms. The number of rotatable bonds is 3. The number of amides is 1. The van der Waals surface area contributed by atoms with E-state index in [0.29, 0.717) is 16.5 Å². The van der Waals surface area contributed by atoms with Gasteiger partial charge in [0, 0.05) is 5.56 Å². The van der Waals surface area contributed by atoms with E-state index in [1.165, 1.54) is 18.2 Å². The maximum absolute atomic E-state index is 14.0. The zero-order valence-electron chi connectivity index (χ0n) is 14.1. The molecule has 0 radical (unpaired) electrons. The van der Waals surface area contributed by atoms with Crippen LogP contribution in [0, 0.1) is 5.82 Å². The molecule has 0 atom stereocenters. The summed E-state index contributed by atoms with van der Waals surface area (Å²) in [5, 5.41) is 0.353. The Morgan fingerprint density at radius 1 is 0.889 bits per heavy atom. The summed E-state index contributed by atoms with van der Waals surface area (Å²) in [5.41, 5.74) is 3.05. The largest absolute Gasteiger partial charge is 0.280 e. The molecular weight excluding hydrogens is 345 g/mol. The number of benzene rings is 3. The number of nitrogens with one attached hydrogen (secondary N) is 1. The first-order chi connectivity index (χ1) is 13.1. The molecule has 1 aromatic heterocycles. The third-order valence-corrected chi connectivity index (χ3v) is 4.14. The van der Waals surface area contributed by atoms with Crippen LogP contribution >= 0.6 is 0 Å². The molecule has 1 N–H and O–H groups in total. The van der Waals surface area contributed by atoms with E-state index in [-0.39, 0.29) is 11.4 Å². The Kier molecular flexibility index (Phi) is 4.22. The molecule has 0 aliphatic heterocycles. The minimum Gasteiger partial charge on any atom is -0.267 e. The summed E-state index contributed by atoms with van der Waals surface area (Å²) in [5.74, 6) is -1.13. The van der Waals surface area contributed by atoms with Crippen LogP contribution in [-0.4, -0.2) is 15.6 Å². The minimum absolute atomic E-state index is 0.156. The van der Waals surface area contributed by atoms with Gasteiger partial charge < -0.3 is 0 Å². The Labute approximate surface area is 153 Å². The molecule has 0 aliphatic carbocycles. The van der Waals surface area contributed by atoms with Crippen LogP contribution in [0.4, 0.5) is 4.39 Å². The second kappa shape index (κ2) is 6.84. The summed E-state index contributed by atoms with van der Waals surface area (Å²) >= 11 is 0. The molecule has 27 heavy (non-hydrogen) atoms. The predicted molar refractivity (Wildman–Crippen MR) is 102 cm³/mol. The molecule has 1 heterocycles. The maximum atomic E-state index is 14.0. The Morgan fingerprint density at radius 2 is 1.56 bits per heavy atom. The van der Waals surface area contributed by atoms with Crippen molar-refractivity contribution in [3.8, 4) is 11.4 Å². The fourth-order valence-electron chi connectivity index (χ4n) is 2.82. The van der Waals surface area contributed by atoms with E-state index in [1.54, 1.807) is 54.6 Å². The Morgan fingerprint density at radius 3 is 2.33 bits per heavy atom. The van der Waals surface area contributed by atoms with E-state index in [0.717, 1.165) is 4.68 Å². The fraction of sp³-hybridized carbons (Fsp3) is 0. The quantitative estimate of drug-likeness (QED) is 0.608. The number of fused-ring (bicyclic) bond motifs is 1. The molecule has 0 unspecified atom stereocenters. The summed E-state index contributed by atoms with van der Waals surface area (Å²) in [6.45, 7) is 0. The van der Waals surface area contributed by atoms with Gasteiger partial charge in [0.15, 0.2) is 5.82 Å². The molecule has 0 spiro atoms. The van der Waals surface area contributed by atoms with Crippen LogP contribution in [0.2, 0.25) is 0 Å². The van der Waals surface area contributed by atoms with Gasteiger partial charge in [0.25, 0.3) is 11.5 Å². The number of halogens is 1. The molecule has 1 amide bonds. The van der Waals surface area contributed by atoms with Crippen molar-refractivity contribution in [2.24, 2.45) is 0 Å². The molecule has 4 aromatic rings. The van der Waals surface area contributed by atoms with Crippen molar-refractivity contribution in [1.82, 2.24) is 9.66 Å². The van der Waals surface area contributed by atoms with Crippen LogP contribution in [0.15, 0.2) is 83.7 Å². The first kappa shape index (κ1) is 16.7. The van der Waals surface area contributed by atoms with Gasteiger partial charge in [0.2, 0.25) is 0 Å². The molecule has 0 aliphatic rings. The molecule has 4 rings (SSSR count).